The first-order chi connectivity index (χ1) is 47.1. The number of nitrogens with one attached hydrogen (secondary N) is 1. The van der Waals surface area contributed by atoms with Crippen molar-refractivity contribution < 1.29 is 64.6 Å². The molecule has 96 heavy (non-hydrogen) atoms. The van der Waals surface area contributed by atoms with Gasteiger partial charge in [-0.3, -0.25) is 4.79 Å². The Labute approximate surface area is 587 Å². The SMILES string of the molecule is CCCCCCC/C=C\C/C=C\C/C=C\CCCCCCCCCCCCCCCCCCCCCCCCCCC(=O)NC(COC1OC(CO)C(OC2OC(CO)C(O)C(O)C2O)C(O)C1O)C(O)/C=C/CC/C=C/CC/C=C/CCCCCCCCCCCCCCC. The Morgan fingerprint density at radius 3 is 1.09 bits per heavy atom. The molecule has 12 atom stereocenters. The molecule has 2 fully saturated rings. The van der Waals surface area contributed by atoms with Crippen molar-refractivity contribution in [2.24, 2.45) is 0 Å². The maximum absolute atomic E-state index is 13.4. The zero-order valence-electron chi connectivity index (χ0n) is 61.4. The Morgan fingerprint density at radius 1 is 0.375 bits per heavy atom. The van der Waals surface area contributed by atoms with E-state index in [1.165, 1.54) is 257 Å². The molecule has 2 rings (SSSR count). The highest BCUT2D eigenvalue weighted by atomic mass is 16.7. The molecule has 2 aliphatic heterocycles. The summed E-state index contributed by atoms with van der Waals surface area (Å²) in [5, 5.41) is 87.6. The highest BCUT2D eigenvalue weighted by Crippen LogP contribution is 2.30. The van der Waals surface area contributed by atoms with Gasteiger partial charge in [-0.2, -0.15) is 0 Å². The van der Waals surface area contributed by atoms with Crippen LogP contribution >= 0.6 is 0 Å². The average Bonchev–Trinajstić information content (AvgIpc) is 0.806. The molecule has 2 saturated heterocycles. The fourth-order valence-electron chi connectivity index (χ4n) is 13.0. The third kappa shape index (κ3) is 48.3. The van der Waals surface area contributed by atoms with E-state index < -0.39 is 86.8 Å². The van der Waals surface area contributed by atoms with E-state index in [1.54, 1.807) is 6.08 Å². The minimum Gasteiger partial charge on any atom is -0.394 e. The van der Waals surface area contributed by atoms with Gasteiger partial charge < -0.3 is 65.1 Å². The number of rotatable bonds is 67. The van der Waals surface area contributed by atoms with Gasteiger partial charge in [-0.1, -0.05) is 331 Å². The number of unbranched alkanes of at least 4 members (excludes halogenated alkanes) is 44. The summed E-state index contributed by atoms with van der Waals surface area (Å²) in [6.45, 7) is 2.81. The predicted octanol–water partition coefficient (Wildman–Crippen LogP) is 18.1. The molecule has 560 valence electrons. The molecular weight excluding hydrogens is 1210 g/mol. The number of carbonyl (C=O) groups excluding carboxylic acids is 1. The molecule has 0 spiro atoms. The van der Waals surface area contributed by atoms with Crippen LogP contribution in [0.1, 0.15) is 348 Å². The predicted molar refractivity (Wildman–Crippen MR) is 397 cm³/mol. The van der Waals surface area contributed by atoms with Gasteiger partial charge in [0.25, 0.3) is 0 Å². The van der Waals surface area contributed by atoms with Crippen LogP contribution in [0.5, 0.6) is 0 Å². The monoisotopic (exact) mass is 1360 g/mol. The Balaban J connectivity index is 1.60. The first-order valence-corrected chi connectivity index (χ1v) is 40.2. The molecular formula is C82H149NO13. The summed E-state index contributed by atoms with van der Waals surface area (Å²) in [6, 6.07) is -0.941. The Hall–Kier alpha value is -2.57. The molecule has 0 aromatic heterocycles. The summed E-state index contributed by atoms with van der Waals surface area (Å²) in [6.07, 6.45) is 74.2. The van der Waals surface area contributed by atoms with Crippen molar-refractivity contribution in [3.8, 4) is 0 Å². The van der Waals surface area contributed by atoms with Crippen LogP contribution < -0.4 is 5.32 Å². The van der Waals surface area contributed by atoms with Gasteiger partial charge in [-0.05, 0) is 83.5 Å². The summed E-state index contributed by atoms with van der Waals surface area (Å²) in [5.74, 6) is -0.248. The van der Waals surface area contributed by atoms with E-state index in [2.05, 4.69) is 79.9 Å². The maximum Gasteiger partial charge on any atom is 0.220 e. The van der Waals surface area contributed by atoms with Crippen LogP contribution in [0.3, 0.4) is 0 Å². The average molecular weight is 1360 g/mol. The Kier molecular flexibility index (Phi) is 61.3. The van der Waals surface area contributed by atoms with E-state index in [1.807, 2.05) is 6.08 Å². The van der Waals surface area contributed by atoms with E-state index in [-0.39, 0.29) is 18.9 Å². The van der Waals surface area contributed by atoms with Crippen molar-refractivity contribution in [1.29, 1.82) is 0 Å². The van der Waals surface area contributed by atoms with Crippen LogP contribution in [0.2, 0.25) is 0 Å². The van der Waals surface area contributed by atoms with Crippen molar-refractivity contribution in [2.45, 2.75) is 421 Å². The smallest absolute Gasteiger partial charge is 0.220 e. The molecule has 14 heteroatoms. The number of aliphatic hydroxyl groups excluding tert-OH is 8. The normalized spacial score (nSPS) is 22.6. The van der Waals surface area contributed by atoms with Gasteiger partial charge >= 0.3 is 0 Å². The number of ether oxygens (including phenoxy) is 4. The lowest BCUT2D eigenvalue weighted by molar-refractivity contribution is -0.359. The second-order valence-corrected chi connectivity index (χ2v) is 28.2. The van der Waals surface area contributed by atoms with E-state index in [0.717, 1.165) is 57.8 Å². The fourth-order valence-corrected chi connectivity index (χ4v) is 13.0. The highest BCUT2D eigenvalue weighted by molar-refractivity contribution is 5.76. The molecule has 2 heterocycles. The number of aliphatic hydroxyl groups is 8. The van der Waals surface area contributed by atoms with Gasteiger partial charge in [0, 0.05) is 6.42 Å². The van der Waals surface area contributed by atoms with Crippen LogP contribution in [-0.4, -0.2) is 140 Å². The first-order valence-electron chi connectivity index (χ1n) is 40.2. The number of hydrogen-bond acceptors (Lipinski definition) is 13. The molecule has 0 aromatic carbocycles. The lowest BCUT2D eigenvalue weighted by Gasteiger charge is -2.46. The number of amides is 1. The molecule has 0 bridgehead atoms. The zero-order chi connectivity index (χ0) is 69.4. The minimum atomic E-state index is -1.79. The second kappa shape index (κ2) is 65.7. The molecule has 1 amide bonds. The maximum atomic E-state index is 13.4. The van der Waals surface area contributed by atoms with Crippen molar-refractivity contribution in [3.63, 3.8) is 0 Å². The third-order valence-electron chi connectivity index (χ3n) is 19.3. The summed E-state index contributed by atoms with van der Waals surface area (Å²) < 4.78 is 22.9. The van der Waals surface area contributed by atoms with E-state index in [0.29, 0.717) is 12.8 Å². The molecule has 0 aromatic rings. The first kappa shape index (κ1) is 89.5. The topological polar surface area (TPSA) is 228 Å². The van der Waals surface area contributed by atoms with Gasteiger partial charge in [0.15, 0.2) is 12.6 Å². The number of carbonyl (C=O) groups is 1. The Bertz CT molecular complexity index is 1890. The van der Waals surface area contributed by atoms with Crippen LogP contribution in [0.4, 0.5) is 0 Å². The van der Waals surface area contributed by atoms with E-state index in [4.69, 9.17) is 18.9 Å². The van der Waals surface area contributed by atoms with Crippen molar-refractivity contribution in [1.82, 2.24) is 5.32 Å². The van der Waals surface area contributed by atoms with Crippen molar-refractivity contribution in [2.75, 3.05) is 19.8 Å². The minimum absolute atomic E-state index is 0.248. The zero-order valence-corrected chi connectivity index (χ0v) is 61.4. The van der Waals surface area contributed by atoms with Crippen LogP contribution in [-0.2, 0) is 23.7 Å². The second-order valence-electron chi connectivity index (χ2n) is 28.2. The standard InChI is InChI=1S/C82H149NO13/c1-3-5-7-9-11-13-15-17-19-21-23-25-27-28-29-30-31-32-33-34-35-36-37-38-39-40-41-42-44-46-48-50-52-54-56-58-60-62-64-66-74(87)83-70(69-93-81-79(92)77(90)80(73(68-85)95-81)96-82-78(91)76(89)75(88)72(67-84)94-82)71(86)65-63-61-59-57-55-53-51-49-47-45-43-26-24-22-20-18-16-14-12-10-8-6-4-2/h15,17,21,23,27-28,47,49,55,57,63,65,70-73,75-82,84-86,88-92H,3-14,16,18-20,22,24-26,29-46,48,50-54,56,58-62,64,66-69H2,1-2H3,(H,83,87)/b17-15-,23-21-,28-27-,49-47+,57-55+,65-63+. The van der Waals surface area contributed by atoms with E-state index in [9.17, 15) is 45.6 Å². The van der Waals surface area contributed by atoms with Gasteiger partial charge in [-0.25, -0.2) is 0 Å². The van der Waals surface area contributed by atoms with Crippen LogP contribution in [0, 0.1) is 0 Å². The summed E-state index contributed by atoms with van der Waals surface area (Å²) in [5.41, 5.74) is 0. The molecule has 12 unspecified atom stereocenters. The molecule has 2 aliphatic rings. The van der Waals surface area contributed by atoms with Gasteiger partial charge in [0.05, 0.1) is 32.0 Å². The molecule has 0 aliphatic carbocycles. The Morgan fingerprint density at radius 2 is 0.698 bits per heavy atom. The van der Waals surface area contributed by atoms with E-state index >= 15 is 0 Å². The van der Waals surface area contributed by atoms with Crippen LogP contribution in [0.25, 0.3) is 0 Å². The quantitative estimate of drug-likeness (QED) is 0.0204. The largest absolute Gasteiger partial charge is 0.394 e. The third-order valence-corrected chi connectivity index (χ3v) is 19.3. The summed E-state index contributed by atoms with van der Waals surface area (Å²) >= 11 is 0. The van der Waals surface area contributed by atoms with Crippen molar-refractivity contribution >= 4 is 5.91 Å². The number of hydrogen-bond donors (Lipinski definition) is 9. The van der Waals surface area contributed by atoms with Gasteiger partial charge in [0.1, 0.15) is 48.8 Å². The lowest BCUT2D eigenvalue weighted by atomic mass is 9.97. The fraction of sp³-hybridized carbons (Fsp3) is 0.841. The molecule has 0 saturated carbocycles. The van der Waals surface area contributed by atoms with Gasteiger partial charge in [-0.15, -0.1) is 0 Å². The molecule has 14 nitrogen and oxygen atoms in total. The van der Waals surface area contributed by atoms with Crippen LogP contribution in [0.15, 0.2) is 72.9 Å². The molecule has 9 N–H and O–H groups in total. The lowest BCUT2D eigenvalue weighted by Crippen LogP contribution is -2.65. The molecule has 0 radical (unpaired) electrons. The van der Waals surface area contributed by atoms with Crippen molar-refractivity contribution in [3.05, 3.63) is 72.9 Å². The van der Waals surface area contributed by atoms with Gasteiger partial charge in [0.2, 0.25) is 5.91 Å². The summed E-state index contributed by atoms with van der Waals surface area (Å²) in [7, 11) is 0. The number of allylic oxidation sites excluding steroid dienone is 11. The highest BCUT2D eigenvalue weighted by Gasteiger charge is 2.51. The summed E-state index contributed by atoms with van der Waals surface area (Å²) in [4.78, 5) is 13.4.